The van der Waals surface area contributed by atoms with Gasteiger partial charge in [0.15, 0.2) is 11.5 Å². The fraction of sp³-hybridized carbons (Fsp3) is 0.250. The monoisotopic (exact) mass is 303 g/mol. The van der Waals surface area contributed by atoms with Crippen LogP contribution >= 0.6 is 0 Å². The van der Waals surface area contributed by atoms with E-state index in [-0.39, 0.29) is 6.04 Å². The van der Waals surface area contributed by atoms with Gasteiger partial charge in [-0.05, 0) is 17.7 Å². The minimum Gasteiger partial charge on any atom is -0.486 e. The van der Waals surface area contributed by atoms with Crippen molar-refractivity contribution in [1.82, 2.24) is 0 Å². The summed E-state index contributed by atoms with van der Waals surface area (Å²) in [5, 5.41) is 0. The number of nitrogens with two attached hydrogens (primary N) is 1. The highest BCUT2D eigenvalue weighted by molar-refractivity contribution is 7.85. The van der Waals surface area contributed by atoms with Crippen LogP contribution in [-0.4, -0.2) is 23.2 Å². The Kier molecular flexibility index (Phi) is 4.22. The Morgan fingerprint density at radius 2 is 1.76 bits per heavy atom. The Hall–Kier alpha value is -1.85. The zero-order valence-electron chi connectivity index (χ0n) is 11.5. The van der Waals surface area contributed by atoms with Crippen LogP contribution in [0.25, 0.3) is 0 Å². The van der Waals surface area contributed by atoms with Crippen molar-refractivity contribution in [2.24, 2.45) is 5.73 Å². The molecule has 0 bridgehead atoms. The van der Waals surface area contributed by atoms with Crippen molar-refractivity contribution in [2.75, 3.05) is 19.0 Å². The highest BCUT2D eigenvalue weighted by Crippen LogP contribution is 2.32. The topological polar surface area (TPSA) is 61.6 Å². The number of hydrogen-bond donors (Lipinski definition) is 1. The molecule has 1 aliphatic heterocycles. The molecule has 3 rings (SSSR count). The molecule has 0 saturated carbocycles. The molecular weight excluding hydrogens is 286 g/mol. The molecule has 110 valence electrons. The summed E-state index contributed by atoms with van der Waals surface area (Å²) in [6, 6.07) is 14.8. The normalized spacial score (nSPS) is 16.2. The second-order valence-electron chi connectivity index (χ2n) is 4.83. The lowest BCUT2D eigenvalue weighted by molar-refractivity contribution is 0.171. The van der Waals surface area contributed by atoms with E-state index in [4.69, 9.17) is 15.2 Å². The first kappa shape index (κ1) is 14.1. The summed E-state index contributed by atoms with van der Waals surface area (Å²) in [7, 11) is -1.17. The van der Waals surface area contributed by atoms with Crippen molar-refractivity contribution in [3.8, 4) is 11.5 Å². The summed E-state index contributed by atoms with van der Waals surface area (Å²) in [5.41, 5.74) is 7.11. The van der Waals surface area contributed by atoms with E-state index in [0.717, 1.165) is 5.56 Å². The molecule has 0 radical (unpaired) electrons. The minimum absolute atomic E-state index is 0.250. The van der Waals surface area contributed by atoms with Crippen LogP contribution in [0.15, 0.2) is 53.4 Å². The minimum atomic E-state index is -1.17. The van der Waals surface area contributed by atoms with Crippen LogP contribution in [0.1, 0.15) is 11.6 Å². The Morgan fingerprint density at radius 1 is 1.05 bits per heavy atom. The third-order valence-electron chi connectivity index (χ3n) is 3.34. The number of hydrogen-bond acceptors (Lipinski definition) is 4. The fourth-order valence-electron chi connectivity index (χ4n) is 2.22. The summed E-state index contributed by atoms with van der Waals surface area (Å²) >= 11 is 0. The van der Waals surface area contributed by atoms with Crippen LogP contribution < -0.4 is 15.2 Å². The van der Waals surface area contributed by atoms with Crippen molar-refractivity contribution >= 4 is 10.8 Å². The maximum atomic E-state index is 12.4. The number of rotatable bonds is 4. The van der Waals surface area contributed by atoms with Gasteiger partial charge in [-0.3, -0.25) is 4.21 Å². The predicted molar refractivity (Wildman–Crippen MR) is 82.1 cm³/mol. The van der Waals surface area contributed by atoms with Gasteiger partial charge in [-0.15, -0.1) is 0 Å². The maximum Gasteiger partial charge on any atom is 0.162 e. The maximum absolute atomic E-state index is 12.4. The molecule has 21 heavy (non-hydrogen) atoms. The van der Waals surface area contributed by atoms with Crippen LogP contribution in [0.3, 0.4) is 0 Å². The van der Waals surface area contributed by atoms with Gasteiger partial charge < -0.3 is 15.2 Å². The van der Waals surface area contributed by atoms with E-state index < -0.39 is 10.8 Å². The van der Waals surface area contributed by atoms with Gasteiger partial charge in [-0.25, -0.2) is 0 Å². The lowest BCUT2D eigenvalue weighted by Gasteiger charge is -2.19. The molecule has 0 spiro atoms. The van der Waals surface area contributed by atoms with E-state index in [2.05, 4.69) is 0 Å². The van der Waals surface area contributed by atoms with Crippen LogP contribution in [-0.2, 0) is 10.8 Å². The van der Waals surface area contributed by atoms with Gasteiger partial charge in [0.25, 0.3) is 0 Å². The van der Waals surface area contributed by atoms with Crippen molar-refractivity contribution < 1.29 is 13.7 Å². The summed E-state index contributed by atoms with van der Waals surface area (Å²) in [4.78, 5) is 0.714. The first-order valence-electron chi connectivity index (χ1n) is 6.82. The third kappa shape index (κ3) is 3.25. The summed E-state index contributed by atoms with van der Waals surface area (Å²) < 4.78 is 23.4. The zero-order valence-corrected chi connectivity index (χ0v) is 12.3. The lowest BCUT2D eigenvalue weighted by atomic mass is 10.1. The molecule has 4 nitrogen and oxygen atoms in total. The Balaban J connectivity index is 1.73. The molecule has 2 atom stereocenters. The smallest absolute Gasteiger partial charge is 0.162 e. The van der Waals surface area contributed by atoms with E-state index in [0.29, 0.717) is 35.4 Å². The molecule has 0 fully saturated rings. The van der Waals surface area contributed by atoms with E-state index in [9.17, 15) is 4.21 Å². The number of benzene rings is 2. The van der Waals surface area contributed by atoms with Gasteiger partial charge in [0.1, 0.15) is 13.2 Å². The second-order valence-corrected chi connectivity index (χ2v) is 6.33. The molecule has 2 unspecified atom stereocenters. The molecule has 0 amide bonds. The van der Waals surface area contributed by atoms with Gasteiger partial charge in [0.2, 0.25) is 0 Å². The first-order valence-corrected chi connectivity index (χ1v) is 8.14. The highest BCUT2D eigenvalue weighted by atomic mass is 32.2. The standard InChI is InChI=1S/C16H17NO3S/c17-14(12-4-2-1-3-5-12)11-21(18)13-6-7-15-16(10-13)20-9-8-19-15/h1-7,10,14H,8-9,11,17H2. The molecule has 1 aliphatic rings. The van der Waals surface area contributed by atoms with Crippen LogP contribution in [0.2, 0.25) is 0 Å². The molecule has 0 saturated heterocycles. The molecule has 0 aliphatic carbocycles. The van der Waals surface area contributed by atoms with Crippen molar-refractivity contribution in [3.05, 3.63) is 54.1 Å². The predicted octanol–water partition coefficient (Wildman–Crippen LogP) is 2.27. The van der Waals surface area contributed by atoms with E-state index in [1.807, 2.05) is 30.3 Å². The SMILES string of the molecule is NC(CS(=O)c1ccc2c(c1)OCCO2)c1ccccc1. The average Bonchev–Trinajstić information content (AvgIpc) is 2.55. The first-order chi connectivity index (χ1) is 10.2. The zero-order chi connectivity index (χ0) is 14.7. The third-order valence-corrected chi connectivity index (χ3v) is 4.78. The van der Waals surface area contributed by atoms with E-state index >= 15 is 0 Å². The number of fused-ring (bicyclic) bond motifs is 1. The summed E-state index contributed by atoms with van der Waals surface area (Å²) in [6.07, 6.45) is 0. The van der Waals surface area contributed by atoms with Gasteiger partial charge in [0, 0.05) is 22.8 Å². The fourth-order valence-corrected chi connectivity index (χ4v) is 3.39. The lowest BCUT2D eigenvalue weighted by Crippen LogP contribution is -2.19. The quantitative estimate of drug-likeness (QED) is 0.941. The van der Waals surface area contributed by atoms with Crippen LogP contribution in [0.5, 0.6) is 11.5 Å². The molecule has 0 aromatic heterocycles. The van der Waals surface area contributed by atoms with Gasteiger partial charge in [-0.2, -0.15) is 0 Å². The molecule has 2 aromatic carbocycles. The number of ether oxygens (including phenoxy) is 2. The largest absolute Gasteiger partial charge is 0.486 e. The molecule has 2 aromatic rings. The van der Waals surface area contributed by atoms with Crippen LogP contribution in [0.4, 0.5) is 0 Å². The molecule has 2 N–H and O–H groups in total. The van der Waals surface area contributed by atoms with Gasteiger partial charge in [0.05, 0.1) is 10.8 Å². The Bertz CT molecular complexity index is 645. The molecule has 5 heteroatoms. The van der Waals surface area contributed by atoms with E-state index in [1.54, 1.807) is 18.2 Å². The molecular formula is C16H17NO3S. The average molecular weight is 303 g/mol. The van der Waals surface area contributed by atoms with Crippen molar-refractivity contribution in [1.29, 1.82) is 0 Å². The summed E-state index contributed by atoms with van der Waals surface area (Å²) in [5.74, 6) is 1.73. The van der Waals surface area contributed by atoms with E-state index in [1.165, 1.54) is 0 Å². The highest BCUT2D eigenvalue weighted by Gasteiger charge is 2.16. The van der Waals surface area contributed by atoms with Crippen LogP contribution in [0, 0.1) is 0 Å². The van der Waals surface area contributed by atoms with Crippen molar-refractivity contribution in [3.63, 3.8) is 0 Å². The van der Waals surface area contributed by atoms with Gasteiger partial charge in [-0.1, -0.05) is 30.3 Å². The molecule has 1 heterocycles. The second kappa shape index (κ2) is 6.28. The van der Waals surface area contributed by atoms with Gasteiger partial charge >= 0.3 is 0 Å². The summed E-state index contributed by atoms with van der Waals surface area (Å²) in [6.45, 7) is 1.07. The van der Waals surface area contributed by atoms with Crippen molar-refractivity contribution in [2.45, 2.75) is 10.9 Å². The Morgan fingerprint density at radius 3 is 2.52 bits per heavy atom. The Labute approximate surface area is 126 Å².